The summed E-state index contributed by atoms with van der Waals surface area (Å²) in [6.07, 6.45) is 7.04. The first-order chi connectivity index (χ1) is 9.22. The molecule has 1 rings (SSSR count). The lowest BCUT2D eigenvalue weighted by Gasteiger charge is -2.15. The highest BCUT2D eigenvalue weighted by Crippen LogP contribution is 2.21. The van der Waals surface area contributed by atoms with Crippen LogP contribution in [0.25, 0.3) is 0 Å². The minimum atomic E-state index is 0.678. The minimum absolute atomic E-state index is 0.678. The Balaban J connectivity index is 2.72. The molecular formula is C14H26N4S. The molecule has 0 amide bonds. The fourth-order valence-electron chi connectivity index (χ4n) is 1.88. The van der Waals surface area contributed by atoms with E-state index in [4.69, 9.17) is 0 Å². The van der Waals surface area contributed by atoms with Crippen molar-refractivity contribution < 1.29 is 0 Å². The molecular weight excluding hydrogens is 256 g/mol. The standard InChI is InChI=1S/C14H26N4S/c1-5-7-12-13(15-6-2)17-10-18-14(12)16-9-8-11(3)19-4/h10-11H,5-9H2,1-4H3,(H2,15,16,17,18). The molecule has 1 atom stereocenters. The maximum absolute atomic E-state index is 4.39. The van der Waals surface area contributed by atoms with Crippen LogP contribution in [0.1, 0.15) is 39.2 Å². The van der Waals surface area contributed by atoms with Gasteiger partial charge in [0.1, 0.15) is 18.0 Å². The molecule has 108 valence electrons. The van der Waals surface area contributed by atoms with Crippen molar-refractivity contribution in [3.63, 3.8) is 0 Å². The van der Waals surface area contributed by atoms with E-state index in [0.29, 0.717) is 5.25 Å². The molecule has 5 heteroatoms. The van der Waals surface area contributed by atoms with Crippen LogP contribution in [0.3, 0.4) is 0 Å². The Hall–Kier alpha value is -0.970. The molecule has 1 unspecified atom stereocenters. The van der Waals surface area contributed by atoms with Gasteiger partial charge in [-0.2, -0.15) is 11.8 Å². The Morgan fingerprint density at radius 3 is 2.47 bits per heavy atom. The van der Waals surface area contributed by atoms with Crippen LogP contribution in [-0.2, 0) is 6.42 Å². The zero-order valence-corrected chi connectivity index (χ0v) is 13.3. The third-order valence-corrected chi connectivity index (χ3v) is 4.08. The molecule has 4 nitrogen and oxygen atoms in total. The van der Waals surface area contributed by atoms with Crippen molar-refractivity contribution in [2.24, 2.45) is 0 Å². The zero-order valence-electron chi connectivity index (χ0n) is 12.5. The number of hydrogen-bond donors (Lipinski definition) is 2. The summed E-state index contributed by atoms with van der Waals surface area (Å²) in [5, 5.41) is 7.45. The van der Waals surface area contributed by atoms with Gasteiger partial charge in [-0.25, -0.2) is 9.97 Å². The van der Waals surface area contributed by atoms with E-state index in [1.807, 2.05) is 11.8 Å². The van der Waals surface area contributed by atoms with Crippen molar-refractivity contribution in [1.29, 1.82) is 0 Å². The van der Waals surface area contributed by atoms with E-state index in [2.05, 4.69) is 47.6 Å². The van der Waals surface area contributed by atoms with Gasteiger partial charge in [-0.1, -0.05) is 20.3 Å². The number of aromatic nitrogens is 2. The molecule has 0 spiro atoms. The van der Waals surface area contributed by atoms with Crippen molar-refractivity contribution in [2.45, 2.75) is 45.3 Å². The summed E-state index contributed by atoms with van der Waals surface area (Å²) in [4.78, 5) is 8.73. The molecule has 1 aromatic rings. The topological polar surface area (TPSA) is 49.8 Å². The molecule has 0 aliphatic carbocycles. The molecule has 0 saturated carbocycles. The third kappa shape index (κ3) is 5.27. The molecule has 0 saturated heterocycles. The largest absolute Gasteiger partial charge is 0.370 e. The monoisotopic (exact) mass is 282 g/mol. The Labute approximate surface area is 121 Å². The van der Waals surface area contributed by atoms with E-state index in [0.717, 1.165) is 44.0 Å². The van der Waals surface area contributed by atoms with Crippen LogP contribution < -0.4 is 10.6 Å². The maximum atomic E-state index is 4.39. The summed E-state index contributed by atoms with van der Waals surface area (Å²) in [6, 6.07) is 0. The lowest BCUT2D eigenvalue weighted by Crippen LogP contribution is -2.13. The Morgan fingerprint density at radius 2 is 1.89 bits per heavy atom. The molecule has 0 radical (unpaired) electrons. The molecule has 0 aliphatic heterocycles. The van der Waals surface area contributed by atoms with Crippen LogP contribution >= 0.6 is 11.8 Å². The smallest absolute Gasteiger partial charge is 0.134 e. The Kier molecular flexibility index (Phi) is 7.63. The summed E-state index contributed by atoms with van der Waals surface area (Å²) < 4.78 is 0. The number of hydrogen-bond acceptors (Lipinski definition) is 5. The predicted octanol–water partition coefficient (Wildman–Crippen LogP) is 3.41. The molecule has 1 heterocycles. The van der Waals surface area contributed by atoms with Crippen molar-refractivity contribution >= 4 is 23.4 Å². The van der Waals surface area contributed by atoms with E-state index < -0.39 is 0 Å². The van der Waals surface area contributed by atoms with Crippen LogP contribution in [-0.4, -0.2) is 34.6 Å². The summed E-state index contributed by atoms with van der Waals surface area (Å²) in [6.45, 7) is 8.37. The van der Waals surface area contributed by atoms with Gasteiger partial charge < -0.3 is 10.6 Å². The fraction of sp³-hybridized carbons (Fsp3) is 0.714. The summed E-state index contributed by atoms with van der Waals surface area (Å²) >= 11 is 1.90. The number of nitrogens with zero attached hydrogens (tertiary/aromatic N) is 2. The second-order valence-corrected chi connectivity index (χ2v) is 5.87. The summed E-state index contributed by atoms with van der Waals surface area (Å²) in [7, 11) is 0. The van der Waals surface area contributed by atoms with Gasteiger partial charge in [0.15, 0.2) is 0 Å². The SMILES string of the molecule is CCCc1c(NCC)ncnc1NCCC(C)SC. The van der Waals surface area contributed by atoms with Crippen LogP contribution in [0.4, 0.5) is 11.6 Å². The van der Waals surface area contributed by atoms with Crippen molar-refractivity contribution in [1.82, 2.24) is 9.97 Å². The van der Waals surface area contributed by atoms with Gasteiger partial charge in [0, 0.05) is 23.9 Å². The Bertz CT molecular complexity index is 370. The van der Waals surface area contributed by atoms with E-state index in [1.54, 1.807) is 6.33 Å². The highest BCUT2D eigenvalue weighted by molar-refractivity contribution is 7.99. The third-order valence-electron chi connectivity index (χ3n) is 3.04. The van der Waals surface area contributed by atoms with Crippen LogP contribution in [0.5, 0.6) is 0 Å². The highest BCUT2D eigenvalue weighted by Gasteiger charge is 2.10. The minimum Gasteiger partial charge on any atom is -0.370 e. The van der Waals surface area contributed by atoms with E-state index in [1.165, 1.54) is 5.56 Å². The van der Waals surface area contributed by atoms with Gasteiger partial charge in [0.05, 0.1) is 0 Å². The lowest BCUT2D eigenvalue weighted by atomic mass is 10.1. The van der Waals surface area contributed by atoms with Gasteiger partial charge in [0.25, 0.3) is 0 Å². The predicted molar refractivity (Wildman–Crippen MR) is 86.3 cm³/mol. The second-order valence-electron chi connectivity index (χ2n) is 4.59. The first-order valence-electron chi connectivity index (χ1n) is 7.07. The molecule has 2 N–H and O–H groups in total. The Morgan fingerprint density at radius 1 is 1.21 bits per heavy atom. The second kappa shape index (κ2) is 9.02. The normalized spacial score (nSPS) is 12.2. The van der Waals surface area contributed by atoms with Crippen LogP contribution in [0, 0.1) is 0 Å². The van der Waals surface area contributed by atoms with Crippen LogP contribution in [0.15, 0.2) is 6.33 Å². The number of nitrogens with one attached hydrogen (secondary N) is 2. The molecule has 0 bridgehead atoms. The molecule has 0 aromatic carbocycles. The van der Waals surface area contributed by atoms with Crippen molar-refractivity contribution in [3.05, 3.63) is 11.9 Å². The average Bonchev–Trinajstić information content (AvgIpc) is 2.42. The highest BCUT2D eigenvalue weighted by atomic mass is 32.2. The van der Waals surface area contributed by atoms with Crippen molar-refractivity contribution in [2.75, 3.05) is 30.0 Å². The van der Waals surface area contributed by atoms with Gasteiger partial charge in [-0.3, -0.25) is 0 Å². The van der Waals surface area contributed by atoms with Crippen LogP contribution in [0.2, 0.25) is 0 Å². The first kappa shape index (κ1) is 16.1. The quantitative estimate of drug-likeness (QED) is 0.727. The van der Waals surface area contributed by atoms with E-state index in [9.17, 15) is 0 Å². The number of anilines is 2. The molecule has 0 aliphatic rings. The molecule has 1 aromatic heterocycles. The van der Waals surface area contributed by atoms with Gasteiger partial charge in [-0.15, -0.1) is 0 Å². The van der Waals surface area contributed by atoms with Gasteiger partial charge in [0.2, 0.25) is 0 Å². The maximum Gasteiger partial charge on any atom is 0.134 e. The number of rotatable bonds is 9. The van der Waals surface area contributed by atoms with Gasteiger partial charge >= 0.3 is 0 Å². The van der Waals surface area contributed by atoms with E-state index >= 15 is 0 Å². The average molecular weight is 282 g/mol. The van der Waals surface area contributed by atoms with Gasteiger partial charge in [-0.05, 0) is 26.0 Å². The number of thioether (sulfide) groups is 1. The van der Waals surface area contributed by atoms with Crippen molar-refractivity contribution in [3.8, 4) is 0 Å². The zero-order chi connectivity index (χ0) is 14.1. The summed E-state index contributed by atoms with van der Waals surface area (Å²) in [5.74, 6) is 1.96. The molecule has 19 heavy (non-hydrogen) atoms. The molecule has 0 fully saturated rings. The first-order valence-corrected chi connectivity index (χ1v) is 8.36. The summed E-state index contributed by atoms with van der Waals surface area (Å²) in [5.41, 5.74) is 1.21. The van der Waals surface area contributed by atoms with E-state index in [-0.39, 0.29) is 0 Å². The fourth-order valence-corrected chi connectivity index (χ4v) is 2.24. The lowest BCUT2D eigenvalue weighted by molar-refractivity contribution is 0.839.